The van der Waals surface area contributed by atoms with Crippen molar-refractivity contribution < 1.29 is 0 Å². The molecule has 104 valence electrons. The highest BCUT2D eigenvalue weighted by atomic mass is 32.1. The highest BCUT2D eigenvalue weighted by molar-refractivity contribution is 7.15. The fourth-order valence-corrected chi connectivity index (χ4v) is 3.65. The maximum Gasteiger partial charge on any atom is 0.141 e. The quantitative estimate of drug-likeness (QED) is 0.757. The molecule has 3 rings (SSSR count). The average Bonchev–Trinajstić information content (AvgIpc) is 3.12. The number of fused-ring (bicyclic) bond motifs is 1. The molecule has 4 nitrogen and oxygen atoms in total. The van der Waals surface area contributed by atoms with E-state index in [1.54, 1.807) is 17.7 Å². The van der Waals surface area contributed by atoms with E-state index in [1.165, 1.54) is 17.8 Å². The number of nitrogens with zero attached hydrogens (tertiary/aromatic N) is 3. The van der Waals surface area contributed by atoms with Crippen molar-refractivity contribution in [2.45, 2.75) is 39.0 Å². The average molecular weight is 286 g/mol. The van der Waals surface area contributed by atoms with E-state index < -0.39 is 0 Å². The van der Waals surface area contributed by atoms with Crippen molar-refractivity contribution in [3.8, 4) is 10.6 Å². The number of thiazole rings is 1. The van der Waals surface area contributed by atoms with Crippen LogP contribution in [0, 0.1) is 0 Å². The second-order valence-corrected chi connectivity index (χ2v) is 5.98. The first-order valence-corrected chi connectivity index (χ1v) is 7.89. The van der Waals surface area contributed by atoms with Gasteiger partial charge in [-0.2, -0.15) is 0 Å². The number of hydrogen-bond acceptors (Lipinski definition) is 4. The first kappa shape index (κ1) is 13.2. The van der Waals surface area contributed by atoms with Gasteiger partial charge in [0.25, 0.3) is 0 Å². The number of H-pyrrole nitrogens is 1. The zero-order valence-corrected chi connectivity index (χ0v) is 12.6. The van der Waals surface area contributed by atoms with Gasteiger partial charge >= 0.3 is 0 Å². The second kappa shape index (κ2) is 5.71. The van der Waals surface area contributed by atoms with Crippen molar-refractivity contribution in [2.75, 3.05) is 0 Å². The molecule has 0 amide bonds. The van der Waals surface area contributed by atoms with Crippen LogP contribution in [0.2, 0.25) is 0 Å². The Bertz CT molecular complexity index is 701. The third kappa shape index (κ3) is 2.33. The third-order valence-corrected chi connectivity index (χ3v) is 4.76. The zero-order valence-electron chi connectivity index (χ0n) is 11.8. The molecule has 0 saturated carbocycles. The predicted octanol–water partition coefficient (Wildman–Crippen LogP) is 4.38. The van der Waals surface area contributed by atoms with Crippen LogP contribution < -0.4 is 0 Å². The topological polar surface area (TPSA) is 54.5 Å². The van der Waals surface area contributed by atoms with Gasteiger partial charge in [0.1, 0.15) is 12.0 Å². The summed E-state index contributed by atoms with van der Waals surface area (Å²) in [5.41, 5.74) is 1.86. The van der Waals surface area contributed by atoms with Crippen molar-refractivity contribution in [1.82, 2.24) is 19.9 Å². The highest BCUT2D eigenvalue weighted by Crippen LogP contribution is 2.34. The molecule has 3 heterocycles. The molecule has 0 saturated heterocycles. The molecule has 0 aromatic carbocycles. The zero-order chi connectivity index (χ0) is 13.9. The lowest BCUT2D eigenvalue weighted by Gasteiger charge is -2.09. The Labute approximate surface area is 122 Å². The van der Waals surface area contributed by atoms with Crippen LogP contribution in [0.25, 0.3) is 21.6 Å². The number of nitrogens with one attached hydrogen (secondary N) is 1. The molecule has 0 aliphatic carbocycles. The molecule has 0 spiro atoms. The molecule has 0 radical (unpaired) electrons. The smallest absolute Gasteiger partial charge is 0.141 e. The molecular formula is C15H18N4S. The van der Waals surface area contributed by atoms with Crippen molar-refractivity contribution in [3.63, 3.8) is 0 Å². The molecule has 20 heavy (non-hydrogen) atoms. The Morgan fingerprint density at radius 1 is 1.25 bits per heavy atom. The monoisotopic (exact) mass is 286 g/mol. The Morgan fingerprint density at radius 3 is 2.95 bits per heavy atom. The van der Waals surface area contributed by atoms with Crippen LogP contribution in [0.1, 0.15) is 44.0 Å². The molecule has 0 fully saturated rings. The van der Waals surface area contributed by atoms with E-state index in [1.807, 2.05) is 18.5 Å². The van der Waals surface area contributed by atoms with Crippen LogP contribution in [-0.4, -0.2) is 19.9 Å². The van der Waals surface area contributed by atoms with Gasteiger partial charge in [-0.1, -0.05) is 20.3 Å². The highest BCUT2D eigenvalue weighted by Gasteiger charge is 2.15. The van der Waals surface area contributed by atoms with Crippen LogP contribution in [0.5, 0.6) is 0 Å². The minimum atomic E-state index is 0.572. The molecule has 3 aromatic heterocycles. The van der Waals surface area contributed by atoms with E-state index >= 15 is 0 Å². The summed E-state index contributed by atoms with van der Waals surface area (Å²) >= 11 is 1.76. The lowest BCUT2D eigenvalue weighted by atomic mass is 10.0. The molecule has 1 N–H and O–H groups in total. The van der Waals surface area contributed by atoms with Gasteiger partial charge in [-0.3, -0.25) is 0 Å². The minimum absolute atomic E-state index is 0.572. The lowest BCUT2D eigenvalue weighted by molar-refractivity contribution is 0.592. The first-order valence-electron chi connectivity index (χ1n) is 7.07. The summed E-state index contributed by atoms with van der Waals surface area (Å²) in [4.78, 5) is 17.5. The summed E-state index contributed by atoms with van der Waals surface area (Å²) in [5.74, 6) is 0.572. The van der Waals surface area contributed by atoms with Gasteiger partial charge in [-0.15, -0.1) is 11.3 Å². The van der Waals surface area contributed by atoms with Crippen LogP contribution >= 0.6 is 11.3 Å². The van der Waals surface area contributed by atoms with E-state index in [4.69, 9.17) is 0 Å². The van der Waals surface area contributed by atoms with Gasteiger partial charge < -0.3 is 4.98 Å². The molecule has 5 heteroatoms. The Kier molecular flexibility index (Phi) is 3.78. The third-order valence-electron chi connectivity index (χ3n) is 3.59. The first-order chi connectivity index (χ1) is 9.83. The standard InChI is InChI=1S/C15H18N4S/c1-3-5-10(4-2)15-17-8-12(20-15)13-11-6-7-16-14(11)19-9-18-13/h6-10H,3-5H2,1-2H3,(H,16,18,19)/t10-/m0/s1. The molecule has 1 atom stereocenters. The predicted molar refractivity (Wildman–Crippen MR) is 82.9 cm³/mol. The fraction of sp³-hybridized carbons (Fsp3) is 0.400. The number of aromatic amines is 1. The van der Waals surface area contributed by atoms with E-state index in [9.17, 15) is 0 Å². The summed E-state index contributed by atoms with van der Waals surface area (Å²) in [6.07, 6.45) is 9.00. The molecular weight excluding hydrogens is 268 g/mol. The summed E-state index contributed by atoms with van der Waals surface area (Å²) in [6.45, 7) is 4.46. The van der Waals surface area contributed by atoms with Gasteiger partial charge in [0, 0.05) is 23.7 Å². The molecule has 0 bridgehead atoms. The van der Waals surface area contributed by atoms with Gasteiger partial charge in [-0.25, -0.2) is 15.0 Å². The van der Waals surface area contributed by atoms with Crippen LogP contribution in [-0.2, 0) is 0 Å². The Morgan fingerprint density at radius 2 is 2.15 bits per heavy atom. The number of hydrogen-bond donors (Lipinski definition) is 1. The van der Waals surface area contributed by atoms with Crippen LogP contribution in [0.15, 0.2) is 24.8 Å². The SMILES string of the molecule is CCC[C@H](CC)c1ncc(-c2ncnc3[nH]ccc23)s1. The summed E-state index contributed by atoms with van der Waals surface area (Å²) in [6, 6.07) is 2.02. The Balaban J connectivity index is 1.99. The summed E-state index contributed by atoms with van der Waals surface area (Å²) in [7, 11) is 0. The maximum atomic E-state index is 4.62. The largest absolute Gasteiger partial charge is 0.346 e. The summed E-state index contributed by atoms with van der Waals surface area (Å²) in [5, 5.41) is 2.29. The second-order valence-electron chi connectivity index (χ2n) is 4.92. The van der Waals surface area contributed by atoms with E-state index in [0.717, 1.165) is 28.0 Å². The lowest BCUT2D eigenvalue weighted by Crippen LogP contribution is -1.95. The van der Waals surface area contributed by atoms with Gasteiger partial charge in [0.15, 0.2) is 0 Å². The van der Waals surface area contributed by atoms with Gasteiger partial charge in [-0.05, 0) is 18.9 Å². The van der Waals surface area contributed by atoms with E-state index in [-0.39, 0.29) is 0 Å². The molecule has 0 aliphatic heterocycles. The molecule has 3 aromatic rings. The van der Waals surface area contributed by atoms with Crippen LogP contribution in [0.4, 0.5) is 0 Å². The maximum absolute atomic E-state index is 4.62. The van der Waals surface area contributed by atoms with Gasteiger partial charge in [0.05, 0.1) is 15.6 Å². The number of aromatic nitrogens is 4. The fourth-order valence-electron chi connectivity index (χ4n) is 2.51. The van der Waals surface area contributed by atoms with Gasteiger partial charge in [0.2, 0.25) is 0 Å². The Hall–Kier alpha value is -1.75. The van der Waals surface area contributed by atoms with Crippen molar-refractivity contribution in [3.05, 3.63) is 29.8 Å². The van der Waals surface area contributed by atoms with Crippen molar-refractivity contribution >= 4 is 22.4 Å². The van der Waals surface area contributed by atoms with Crippen LogP contribution in [0.3, 0.4) is 0 Å². The van der Waals surface area contributed by atoms with Crippen molar-refractivity contribution in [2.24, 2.45) is 0 Å². The van der Waals surface area contributed by atoms with E-state index in [0.29, 0.717) is 5.92 Å². The van der Waals surface area contributed by atoms with E-state index in [2.05, 4.69) is 33.8 Å². The molecule has 0 unspecified atom stereocenters. The minimum Gasteiger partial charge on any atom is -0.346 e. The van der Waals surface area contributed by atoms with Crippen molar-refractivity contribution in [1.29, 1.82) is 0 Å². The number of rotatable bonds is 5. The normalized spacial score (nSPS) is 12.9. The molecule has 0 aliphatic rings. The summed E-state index contributed by atoms with van der Waals surface area (Å²) < 4.78 is 0.